The van der Waals surface area contributed by atoms with Crippen LogP contribution in [0, 0.1) is 0 Å². The molecule has 2 heterocycles. The van der Waals surface area contributed by atoms with Crippen LogP contribution in [0.3, 0.4) is 0 Å². The monoisotopic (exact) mass is 355 g/mol. The SMILES string of the molecule is COC1(C(=O)NCCCN2CCCCC2)CCNCC1.Cl.Cl. The van der Waals surface area contributed by atoms with Crippen LogP contribution in [0.4, 0.5) is 0 Å². The van der Waals surface area contributed by atoms with E-state index in [1.165, 1.54) is 32.4 Å². The van der Waals surface area contributed by atoms with E-state index < -0.39 is 5.60 Å². The minimum Gasteiger partial charge on any atom is -0.368 e. The highest BCUT2D eigenvalue weighted by Gasteiger charge is 2.39. The predicted octanol–water partition coefficient (Wildman–Crippen LogP) is 1.59. The molecule has 2 aliphatic rings. The molecule has 0 aromatic carbocycles. The van der Waals surface area contributed by atoms with Crippen molar-refractivity contribution in [1.82, 2.24) is 15.5 Å². The van der Waals surface area contributed by atoms with Crippen molar-refractivity contribution in [3.63, 3.8) is 0 Å². The molecule has 0 atom stereocenters. The maximum Gasteiger partial charge on any atom is 0.252 e. The highest BCUT2D eigenvalue weighted by Crippen LogP contribution is 2.22. The van der Waals surface area contributed by atoms with Crippen molar-refractivity contribution in [2.75, 3.05) is 46.4 Å². The molecule has 0 aromatic rings. The van der Waals surface area contributed by atoms with Crippen LogP contribution in [-0.4, -0.2) is 62.8 Å². The Morgan fingerprint density at radius 2 is 1.82 bits per heavy atom. The predicted molar refractivity (Wildman–Crippen MR) is 94.3 cm³/mol. The number of amides is 1. The molecule has 0 unspecified atom stereocenters. The van der Waals surface area contributed by atoms with Crippen molar-refractivity contribution in [1.29, 1.82) is 0 Å². The zero-order valence-electron chi connectivity index (χ0n) is 13.6. The summed E-state index contributed by atoms with van der Waals surface area (Å²) in [7, 11) is 1.65. The van der Waals surface area contributed by atoms with E-state index in [0.717, 1.165) is 45.4 Å². The minimum absolute atomic E-state index is 0. The van der Waals surface area contributed by atoms with E-state index in [2.05, 4.69) is 15.5 Å². The fraction of sp³-hybridized carbons (Fsp3) is 0.933. The van der Waals surface area contributed by atoms with Crippen LogP contribution in [0.5, 0.6) is 0 Å². The first-order valence-electron chi connectivity index (χ1n) is 8.03. The summed E-state index contributed by atoms with van der Waals surface area (Å²) >= 11 is 0. The van der Waals surface area contributed by atoms with E-state index in [-0.39, 0.29) is 30.7 Å². The summed E-state index contributed by atoms with van der Waals surface area (Å²) in [6.07, 6.45) is 6.59. The average molecular weight is 356 g/mol. The van der Waals surface area contributed by atoms with Crippen LogP contribution in [0.25, 0.3) is 0 Å². The first-order valence-corrected chi connectivity index (χ1v) is 8.03. The van der Waals surface area contributed by atoms with Crippen molar-refractivity contribution >= 4 is 30.7 Å². The highest BCUT2D eigenvalue weighted by molar-refractivity contribution is 5.86. The van der Waals surface area contributed by atoms with E-state index in [1.54, 1.807) is 7.11 Å². The molecule has 2 fully saturated rings. The molecule has 2 aliphatic heterocycles. The second-order valence-electron chi connectivity index (χ2n) is 5.96. The Hall–Kier alpha value is -0.0700. The number of carbonyl (C=O) groups is 1. The Morgan fingerprint density at radius 1 is 1.18 bits per heavy atom. The number of hydrogen-bond donors (Lipinski definition) is 2. The van der Waals surface area contributed by atoms with E-state index >= 15 is 0 Å². The molecule has 132 valence electrons. The number of carbonyl (C=O) groups excluding carboxylic acids is 1. The summed E-state index contributed by atoms with van der Waals surface area (Å²) in [4.78, 5) is 14.8. The van der Waals surface area contributed by atoms with Crippen LogP contribution in [0.2, 0.25) is 0 Å². The summed E-state index contributed by atoms with van der Waals surface area (Å²) in [6, 6.07) is 0. The first-order chi connectivity index (χ1) is 9.77. The summed E-state index contributed by atoms with van der Waals surface area (Å²) in [6.45, 7) is 6.02. The number of rotatable bonds is 6. The number of nitrogens with zero attached hydrogens (tertiary/aromatic N) is 1. The zero-order chi connectivity index (χ0) is 14.3. The van der Waals surface area contributed by atoms with Crippen molar-refractivity contribution in [2.24, 2.45) is 0 Å². The summed E-state index contributed by atoms with van der Waals surface area (Å²) in [5, 5.41) is 6.34. The van der Waals surface area contributed by atoms with Crippen LogP contribution in [-0.2, 0) is 9.53 Å². The number of nitrogens with one attached hydrogen (secondary N) is 2. The Bertz CT molecular complexity index is 307. The van der Waals surface area contributed by atoms with Gasteiger partial charge in [0.05, 0.1) is 0 Å². The fourth-order valence-corrected chi connectivity index (χ4v) is 3.20. The molecule has 0 spiro atoms. The van der Waals surface area contributed by atoms with Gasteiger partial charge >= 0.3 is 0 Å². The summed E-state index contributed by atoms with van der Waals surface area (Å²) < 4.78 is 5.53. The summed E-state index contributed by atoms with van der Waals surface area (Å²) in [5.41, 5.74) is -0.601. The van der Waals surface area contributed by atoms with Gasteiger partial charge in [0.1, 0.15) is 5.60 Å². The number of hydrogen-bond acceptors (Lipinski definition) is 4. The molecule has 0 aliphatic carbocycles. The normalized spacial score (nSPS) is 21.3. The van der Waals surface area contributed by atoms with Gasteiger partial charge in [-0.3, -0.25) is 4.79 Å². The minimum atomic E-state index is -0.601. The van der Waals surface area contributed by atoms with Crippen molar-refractivity contribution < 1.29 is 9.53 Å². The quantitative estimate of drug-likeness (QED) is 0.710. The molecule has 0 aromatic heterocycles. The molecular weight excluding hydrogens is 325 g/mol. The van der Waals surface area contributed by atoms with Crippen LogP contribution < -0.4 is 10.6 Å². The lowest BCUT2D eigenvalue weighted by Gasteiger charge is -2.34. The van der Waals surface area contributed by atoms with Crippen molar-refractivity contribution in [3.8, 4) is 0 Å². The lowest BCUT2D eigenvalue weighted by molar-refractivity contribution is -0.146. The number of ether oxygens (including phenoxy) is 1. The number of piperidine rings is 2. The van der Waals surface area contributed by atoms with Crippen molar-refractivity contribution in [3.05, 3.63) is 0 Å². The zero-order valence-corrected chi connectivity index (χ0v) is 15.2. The average Bonchev–Trinajstić information content (AvgIpc) is 2.53. The van der Waals surface area contributed by atoms with Crippen molar-refractivity contribution in [2.45, 2.75) is 44.1 Å². The van der Waals surface area contributed by atoms with Gasteiger partial charge in [-0.05, 0) is 64.8 Å². The second kappa shape index (κ2) is 11.5. The third-order valence-corrected chi connectivity index (χ3v) is 4.60. The van der Waals surface area contributed by atoms with Crippen LogP contribution in [0.1, 0.15) is 38.5 Å². The lowest BCUT2D eigenvalue weighted by Crippen LogP contribution is -2.54. The summed E-state index contributed by atoms with van der Waals surface area (Å²) in [5.74, 6) is 0.0696. The molecule has 7 heteroatoms. The van der Waals surface area contributed by atoms with Gasteiger partial charge in [-0.1, -0.05) is 6.42 Å². The standard InChI is InChI=1S/C15H29N3O2.2ClH/c1-20-15(6-9-16-10-7-15)14(19)17-8-5-13-18-11-3-2-4-12-18;;/h16H,2-13H2,1H3,(H,17,19);2*1H. The number of halogens is 2. The third kappa shape index (κ3) is 6.20. The van der Waals surface area contributed by atoms with Gasteiger partial charge in [0.25, 0.3) is 5.91 Å². The van der Waals surface area contributed by atoms with Crippen LogP contribution >= 0.6 is 24.8 Å². The fourth-order valence-electron chi connectivity index (χ4n) is 3.20. The molecule has 2 rings (SSSR count). The van der Waals surface area contributed by atoms with E-state index in [4.69, 9.17) is 4.74 Å². The molecule has 1 amide bonds. The Morgan fingerprint density at radius 3 is 2.41 bits per heavy atom. The van der Waals surface area contributed by atoms with Crippen LogP contribution in [0.15, 0.2) is 0 Å². The Balaban J connectivity index is 0.00000220. The van der Waals surface area contributed by atoms with Gasteiger partial charge in [-0.15, -0.1) is 24.8 Å². The van der Waals surface area contributed by atoms with Gasteiger partial charge in [0.15, 0.2) is 0 Å². The largest absolute Gasteiger partial charge is 0.368 e. The highest BCUT2D eigenvalue weighted by atomic mass is 35.5. The Labute approximate surface area is 146 Å². The van der Waals surface area contributed by atoms with Gasteiger partial charge in [0, 0.05) is 13.7 Å². The molecule has 0 radical (unpaired) electrons. The first kappa shape index (κ1) is 21.9. The second-order valence-corrected chi connectivity index (χ2v) is 5.96. The molecule has 0 bridgehead atoms. The van der Waals surface area contributed by atoms with E-state index in [1.807, 2.05) is 0 Å². The molecule has 5 nitrogen and oxygen atoms in total. The molecule has 2 N–H and O–H groups in total. The van der Waals surface area contributed by atoms with Gasteiger partial charge < -0.3 is 20.3 Å². The maximum atomic E-state index is 12.3. The topological polar surface area (TPSA) is 53.6 Å². The smallest absolute Gasteiger partial charge is 0.252 e. The molecular formula is C15H31Cl2N3O2. The lowest BCUT2D eigenvalue weighted by atomic mass is 9.91. The number of likely N-dealkylation sites (tertiary alicyclic amines) is 1. The molecule has 22 heavy (non-hydrogen) atoms. The van der Waals surface area contributed by atoms with E-state index in [9.17, 15) is 4.79 Å². The molecule has 0 saturated carbocycles. The van der Waals surface area contributed by atoms with E-state index in [0.29, 0.717) is 0 Å². The van der Waals surface area contributed by atoms with Gasteiger partial charge in [0.2, 0.25) is 0 Å². The molecule has 2 saturated heterocycles. The van der Waals surface area contributed by atoms with Gasteiger partial charge in [-0.2, -0.15) is 0 Å². The van der Waals surface area contributed by atoms with Gasteiger partial charge in [-0.25, -0.2) is 0 Å². The third-order valence-electron chi connectivity index (χ3n) is 4.60. The Kier molecular flexibility index (Phi) is 11.4. The number of methoxy groups -OCH3 is 1. The maximum absolute atomic E-state index is 12.3.